The van der Waals surface area contributed by atoms with Crippen molar-refractivity contribution in [2.45, 2.75) is 60.8 Å². The van der Waals surface area contributed by atoms with Gasteiger partial charge in [0.25, 0.3) is 0 Å². The van der Waals surface area contributed by atoms with Crippen molar-refractivity contribution >= 4 is 0 Å². The molecule has 0 nitrogen and oxygen atoms in total. The first-order valence-electron chi connectivity index (χ1n) is 7.29. The minimum atomic E-state index is 0.0971. The molecule has 18 heavy (non-hydrogen) atoms. The third kappa shape index (κ3) is 4.84. The lowest BCUT2D eigenvalue weighted by Crippen LogP contribution is -2.19. The molecule has 0 aliphatic rings. The number of allylic oxidation sites excluding steroid dienone is 4. The molecule has 0 saturated carbocycles. The highest BCUT2D eigenvalue weighted by molar-refractivity contribution is 5.25. The number of rotatable bonds is 8. The zero-order valence-corrected chi connectivity index (χ0v) is 13.3. The van der Waals surface area contributed by atoms with Crippen LogP contribution in [0.2, 0.25) is 0 Å². The summed E-state index contributed by atoms with van der Waals surface area (Å²) in [5.41, 5.74) is 2.87. The van der Waals surface area contributed by atoms with Crippen LogP contribution in [0.3, 0.4) is 0 Å². The fraction of sp³-hybridized carbons (Fsp3) is 0.667. The van der Waals surface area contributed by atoms with Crippen LogP contribution in [0.1, 0.15) is 60.8 Å². The van der Waals surface area contributed by atoms with Gasteiger partial charge >= 0.3 is 0 Å². The highest BCUT2D eigenvalue weighted by atomic mass is 14.3. The Hall–Kier alpha value is -0.780. The molecule has 2 unspecified atom stereocenters. The lowest BCUT2D eigenvalue weighted by molar-refractivity contribution is 0.469. The Morgan fingerprint density at radius 1 is 1.22 bits per heavy atom. The maximum absolute atomic E-state index is 4.17. The maximum atomic E-state index is 4.17. The normalized spacial score (nSPS) is 16.2. The average Bonchev–Trinajstić information content (AvgIpc) is 2.33. The largest absolute Gasteiger partial charge is 0.103 e. The average molecular weight is 248 g/mol. The van der Waals surface area contributed by atoms with E-state index >= 15 is 0 Å². The van der Waals surface area contributed by atoms with Gasteiger partial charge < -0.3 is 0 Å². The number of hydrogen-bond acceptors (Lipinski definition) is 0. The molecule has 0 radical (unpaired) electrons. The lowest BCUT2D eigenvalue weighted by Gasteiger charge is -2.32. The Balaban J connectivity index is 5.24. The SMILES string of the molecule is C=CC(CC)CC(=CC(C)CC)C(C)(C)C(=C)C. The van der Waals surface area contributed by atoms with Gasteiger partial charge in [0.05, 0.1) is 0 Å². The van der Waals surface area contributed by atoms with Gasteiger partial charge in [0.2, 0.25) is 0 Å². The summed E-state index contributed by atoms with van der Waals surface area (Å²) in [5.74, 6) is 1.22. The van der Waals surface area contributed by atoms with E-state index in [2.05, 4.69) is 66.9 Å². The van der Waals surface area contributed by atoms with Crippen LogP contribution in [0, 0.1) is 17.3 Å². The fourth-order valence-corrected chi connectivity index (χ4v) is 1.94. The predicted octanol–water partition coefficient (Wildman–Crippen LogP) is 6.16. The highest BCUT2D eigenvalue weighted by Gasteiger charge is 2.25. The first-order valence-corrected chi connectivity index (χ1v) is 7.29. The van der Waals surface area contributed by atoms with Crippen molar-refractivity contribution in [3.8, 4) is 0 Å². The molecular weight excluding hydrogens is 216 g/mol. The van der Waals surface area contributed by atoms with Crippen molar-refractivity contribution in [2.24, 2.45) is 17.3 Å². The van der Waals surface area contributed by atoms with Crippen molar-refractivity contribution in [1.29, 1.82) is 0 Å². The van der Waals surface area contributed by atoms with E-state index in [-0.39, 0.29) is 5.41 Å². The lowest BCUT2D eigenvalue weighted by atomic mass is 9.73. The summed E-state index contributed by atoms with van der Waals surface area (Å²) in [7, 11) is 0. The zero-order chi connectivity index (χ0) is 14.3. The van der Waals surface area contributed by atoms with E-state index in [1.807, 2.05) is 0 Å². The third-order valence-corrected chi connectivity index (χ3v) is 4.34. The van der Waals surface area contributed by atoms with Gasteiger partial charge in [0.15, 0.2) is 0 Å². The Bertz CT molecular complexity index is 304. The fourth-order valence-electron chi connectivity index (χ4n) is 1.94. The molecule has 0 rings (SSSR count). The standard InChI is InChI=1S/C18H32/c1-9-15(6)12-17(13-16(10-2)11-3)18(7,8)14(4)5/h10,12,15-16H,2,4,9,11,13H2,1,3,5-8H3. The van der Waals surface area contributed by atoms with Crippen LogP contribution >= 0.6 is 0 Å². The first kappa shape index (κ1) is 17.2. The van der Waals surface area contributed by atoms with Crippen LogP contribution < -0.4 is 0 Å². The first-order chi connectivity index (χ1) is 8.29. The van der Waals surface area contributed by atoms with E-state index < -0.39 is 0 Å². The summed E-state index contributed by atoms with van der Waals surface area (Å²) in [4.78, 5) is 0. The Kier molecular flexibility index (Phi) is 7.28. The van der Waals surface area contributed by atoms with Crippen molar-refractivity contribution in [3.63, 3.8) is 0 Å². The van der Waals surface area contributed by atoms with Crippen LogP contribution in [-0.2, 0) is 0 Å². The van der Waals surface area contributed by atoms with Crippen LogP contribution in [0.5, 0.6) is 0 Å². The summed E-state index contributed by atoms with van der Waals surface area (Å²) < 4.78 is 0. The van der Waals surface area contributed by atoms with E-state index in [1.165, 1.54) is 17.6 Å². The molecule has 104 valence electrons. The zero-order valence-electron chi connectivity index (χ0n) is 13.3. The molecule has 0 fully saturated rings. The number of hydrogen-bond donors (Lipinski definition) is 0. The van der Waals surface area contributed by atoms with Crippen LogP contribution in [0.15, 0.2) is 36.5 Å². The molecule has 0 heteroatoms. The van der Waals surface area contributed by atoms with Gasteiger partial charge in [0.1, 0.15) is 0 Å². The predicted molar refractivity (Wildman–Crippen MR) is 84.7 cm³/mol. The smallest absolute Gasteiger partial charge is 0.00588 e. The Morgan fingerprint density at radius 3 is 2.11 bits per heavy atom. The molecule has 0 heterocycles. The minimum Gasteiger partial charge on any atom is -0.103 e. The molecule has 0 aliphatic carbocycles. The summed E-state index contributed by atoms with van der Waals surface area (Å²) in [5, 5.41) is 0. The molecule has 0 spiro atoms. The molecule has 0 bridgehead atoms. The summed E-state index contributed by atoms with van der Waals surface area (Å²) >= 11 is 0. The highest BCUT2D eigenvalue weighted by Crippen LogP contribution is 2.38. The van der Waals surface area contributed by atoms with Gasteiger partial charge in [-0.2, -0.15) is 0 Å². The van der Waals surface area contributed by atoms with Gasteiger partial charge in [-0.1, -0.05) is 70.9 Å². The molecule has 0 saturated heterocycles. The van der Waals surface area contributed by atoms with Gasteiger partial charge in [-0.25, -0.2) is 0 Å². The van der Waals surface area contributed by atoms with Crippen LogP contribution in [-0.4, -0.2) is 0 Å². The molecule has 0 aromatic carbocycles. The molecule has 0 aromatic rings. The second kappa shape index (κ2) is 7.61. The van der Waals surface area contributed by atoms with Crippen molar-refractivity contribution < 1.29 is 0 Å². The van der Waals surface area contributed by atoms with E-state index in [1.54, 1.807) is 0 Å². The monoisotopic (exact) mass is 248 g/mol. The molecule has 0 N–H and O–H groups in total. The quantitative estimate of drug-likeness (QED) is 0.451. The molecule has 0 aromatic heterocycles. The van der Waals surface area contributed by atoms with Crippen molar-refractivity contribution in [2.75, 3.05) is 0 Å². The second-order valence-electron chi connectivity index (χ2n) is 6.09. The van der Waals surface area contributed by atoms with E-state index in [9.17, 15) is 0 Å². The summed E-state index contributed by atoms with van der Waals surface area (Å²) in [6.45, 7) is 21.6. The second-order valence-corrected chi connectivity index (χ2v) is 6.09. The topological polar surface area (TPSA) is 0 Å². The van der Waals surface area contributed by atoms with Crippen molar-refractivity contribution in [3.05, 3.63) is 36.5 Å². The molecule has 0 amide bonds. The van der Waals surface area contributed by atoms with E-state index in [0.29, 0.717) is 11.8 Å². The van der Waals surface area contributed by atoms with E-state index in [0.717, 1.165) is 12.8 Å². The molecule has 2 atom stereocenters. The van der Waals surface area contributed by atoms with E-state index in [4.69, 9.17) is 0 Å². The van der Waals surface area contributed by atoms with Gasteiger partial charge in [-0.3, -0.25) is 0 Å². The Morgan fingerprint density at radius 2 is 1.78 bits per heavy atom. The maximum Gasteiger partial charge on any atom is 0.00588 e. The molecule has 0 aliphatic heterocycles. The summed E-state index contributed by atoms with van der Waals surface area (Å²) in [6, 6.07) is 0. The van der Waals surface area contributed by atoms with Crippen LogP contribution in [0.25, 0.3) is 0 Å². The molecular formula is C18H32. The van der Waals surface area contributed by atoms with Crippen LogP contribution in [0.4, 0.5) is 0 Å². The van der Waals surface area contributed by atoms with Crippen molar-refractivity contribution in [1.82, 2.24) is 0 Å². The van der Waals surface area contributed by atoms with Gasteiger partial charge in [0, 0.05) is 5.41 Å². The third-order valence-electron chi connectivity index (χ3n) is 4.34. The van der Waals surface area contributed by atoms with Gasteiger partial charge in [-0.15, -0.1) is 6.58 Å². The summed E-state index contributed by atoms with van der Waals surface area (Å²) in [6.07, 6.45) is 8.03. The minimum absolute atomic E-state index is 0.0971. The van der Waals surface area contributed by atoms with Gasteiger partial charge in [-0.05, 0) is 31.6 Å². The Labute approximate surface area is 115 Å².